The number of hydrogen-bond donors (Lipinski definition) is 0. The number of nitrogens with zero attached hydrogens (tertiary/aromatic N) is 2. The van der Waals surface area contributed by atoms with Gasteiger partial charge in [0.1, 0.15) is 11.5 Å². The zero-order chi connectivity index (χ0) is 21.8. The molecule has 0 N–H and O–H groups in total. The van der Waals surface area contributed by atoms with Crippen molar-refractivity contribution in [2.75, 3.05) is 36.6 Å². The molecule has 2 saturated heterocycles. The van der Waals surface area contributed by atoms with Crippen molar-refractivity contribution in [2.24, 2.45) is 0 Å². The van der Waals surface area contributed by atoms with E-state index in [1.165, 1.54) is 6.42 Å². The van der Waals surface area contributed by atoms with Gasteiger partial charge >= 0.3 is 0 Å². The Labute approximate surface area is 183 Å². The van der Waals surface area contributed by atoms with Gasteiger partial charge in [0.15, 0.2) is 15.7 Å². The van der Waals surface area contributed by atoms with Gasteiger partial charge in [-0.2, -0.15) is 0 Å². The van der Waals surface area contributed by atoms with Gasteiger partial charge in [-0.3, -0.25) is 4.79 Å². The molecule has 0 aliphatic carbocycles. The molecule has 0 bridgehead atoms. The highest BCUT2D eigenvalue weighted by Crippen LogP contribution is 2.26. The minimum Gasteiger partial charge on any atom is -0.497 e. The molecule has 3 heterocycles. The van der Waals surface area contributed by atoms with Crippen LogP contribution in [0.2, 0.25) is 0 Å². The van der Waals surface area contributed by atoms with Crippen molar-refractivity contribution in [1.29, 1.82) is 0 Å². The molecule has 0 radical (unpaired) electrons. The molecule has 2 aliphatic rings. The number of sulfone groups is 1. The highest BCUT2D eigenvalue weighted by molar-refractivity contribution is 7.91. The molecular formula is C23H30N2O5S. The first-order valence-corrected chi connectivity index (χ1v) is 12.7. The first-order chi connectivity index (χ1) is 14.9. The maximum atomic E-state index is 13.2. The average Bonchev–Trinajstić information content (AvgIpc) is 3.39. The molecule has 1 aromatic carbocycles. The van der Waals surface area contributed by atoms with Gasteiger partial charge in [0, 0.05) is 25.2 Å². The Balaban J connectivity index is 1.50. The first-order valence-electron chi connectivity index (χ1n) is 10.9. The van der Waals surface area contributed by atoms with Crippen molar-refractivity contribution < 1.29 is 22.4 Å². The van der Waals surface area contributed by atoms with Gasteiger partial charge in [0.2, 0.25) is 5.91 Å². The maximum Gasteiger partial charge on any atom is 0.227 e. The van der Waals surface area contributed by atoms with Crippen LogP contribution in [-0.2, 0) is 27.6 Å². The van der Waals surface area contributed by atoms with Crippen LogP contribution in [0.5, 0.6) is 5.75 Å². The predicted octanol–water partition coefficient (Wildman–Crippen LogP) is 3.04. The molecule has 0 spiro atoms. The van der Waals surface area contributed by atoms with Gasteiger partial charge in [-0.25, -0.2) is 8.42 Å². The summed E-state index contributed by atoms with van der Waals surface area (Å²) in [6, 6.07) is 10.9. The summed E-state index contributed by atoms with van der Waals surface area (Å²) >= 11 is 0. The van der Waals surface area contributed by atoms with Crippen molar-refractivity contribution in [3.05, 3.63) is 47.7 Å². The number of ether oxygens (including phenoxy) is 1. The van der Waals surface area contributed by atoms with E-state index >= 15 is 0 Å². The highest BCUT2D eigenvalue weighted by atomic mass is 32.2. The van der Waals surface area contributed by atoms with Crippen LogP contribution in [0, 0.1) is 0 Å². The number of methoxy groups -OCH3 is 1. The quantitative estimate of drug-likeness (QED) is 0.650. The van der Waals surface area contributed by atoms with E-state index in [9.17, 15) is 13.2 Å². The Morgan fingerprint density at radius 1 is 1.13 bits per heavy atom. The molecule has 2 aromatic rings. The van der Waals surface area contributed by atoms with Crippen LogP contribution in [0.1, 0.15) is 37.0 Å². The summed E-state index contributed by atoms with van der Waals surface area (Å²) in [5.41, 5.74) is 0.866. The molecule has 7 nitrogen and oxygen atoms in total. The normalized spacial score (nSPS) is 20.5. The lowest BCUT2D eigenvalue weighted by atomic mass is 10.1. The van der Waals surface area contributed by atoms with Gasteiger partial charge in [0.25, 0.3) is 0 Å². The van der Waals surface area contributed by atoms with Gasteiger partial charge in [-0.15, -0.1) is 0 Å². The molecular weight excluding hydrogens is 416 g/mol. The van der Waals surface area contributed by atoms with Crippen LogP contribution in [-0.4, -0.2) is 57.0 Å². The van der Waals surface area contributed by atoms with E-state index in [-0.39, 0.29) is 36.4 Å². The number of furan rings is 1. The van der Waals surface area contributed by atoms with E-state index in [0.29, 0.717) is 12.2 Å². The highest BCUT2D eigenvalue weighted by Gasteiger charge is 2.35. The fourth-order valence-electron chi connectivity index (χ4n) is 4.37. The predicted molar refractivity (Wildman–Crippen MR) is 119 cm³/mol. The van der Waals surface area contributed by atoms with E-state index in [0.717, 1.165) is 43.1 Å². The lowest BCUT2D eigenvalue weighted by molar-refractivity contribution is -0.133. The summed E-state index contributed by atoms with van der Waals surface area (Å²) in [4.78, 5) is 17.1. The fraction of sp³-hybridized carbons (Fsp3) is 0.522. The molecule has 1 atom stereocenters. The van der Waals surface area contributed by atoms with Crippen molar-refractivity contribution in [3.63, 3.8) is 0 Å². The van der Waals surface area contributed by atoms with Crippen molar-refractivity contribution >= 4 is 21.6 Å². The fourth-order valence-corrected chi connectivity index (χ4v) is 6.10. The Bertz CT molecular complexity index is 993. The van der Waals surface area contributed by atoms with E-state index in [2.05, 4.69) is 4.90 Å². The smallest absolute Gasteiger partial charge is 0.227 e. The van der Waals surface area contributed by atoms with Crippen molar-refractivity contribution in [3.8, 4) is 5.75 Å². The number of amides is 1. The molecule has 31 heavy (non-hydrogen) atoms. The topological polar surface area (TPSA) is 80.1 Å². The van der Waals surface area contributed by atoms with Crippen molar-refractivity contribution in [2.45, 2.75) is 44.7 Å². The van der Waals surface area contributed by atoms with Gasteiger partial charge in [-0.1, -0.05) is 12.1 Å². The van der Waals surface area contributed by atoms with E-state index in [1.807, 2.05) is 36.4 Å². The third-order valence-corrected chi connectivity index (χ3v) is 7.88. The number of carbonyl (C=O) groups is 1. The van der Waals surface area contributed by atoms with E-state index < -0.39 is 9.84 Å². The minimum atomic E-state index is -3.11. The number of rotatable bonds is 7. The van der Waals surface area contributed by atoms with Crippen LogP contribution in [0.15, 0.2) is 40.8 Å². The molecule has 8 heteroatoms. The number of anilines is 1. The van der Waals surface area contributed by atoms with Crippen molar-refractivity contribution in [1.82, 2.24) is 4.90 Å². The van der Waals surface area contributed by atoms with Crippen LogP contribution >= 0.6 is 0 Å². The standard InChI is InChI=1S/C23H30N2O5S/c1-29-20-7-5-18(6-8-20)15-22(26)25(19-11-14-31(27,28)17-19)16-21-9-10-23(30-21)24-12-3-2-4-13-24/h5-10,19H,2-4,11-17H2,1H3. The van der Waals surface area contributed by atoms with Gasteiger partial charge in [0.05, 0.1) is 31.6 Å². The minimum absolute atomic E-state index is 0.0149. The lowest BCUT2D eigenvalue weighted by Gasteiger charge is -2.28. The summed E-state index contributed by atoms with van der Waals surface area (Å²) < 4.78 is 35.4. The number of benzene rings is 1. The Morgan fingerprint density at radius 2 is 1.87 bits per heavy atom. The molecule has 2 fully saturated rings. The summed E-state index contributed by atoms with van der Waals surface area (Å²) in [5.74, 6) is 2.30. The van der Waals surface area contributed by atoms with Crippen LogP contribution < -0.4 is 9.64 Å². The summed E-state index contributed by atoms with van der Waals surface area (Å²) in [7, 11) is -1.51. The first kappa shape index (κ1) is 21.7. The largest absolute Gasteiger partial charge is 0.497 e. The second-order valence-electron chi connectivity index (χ2n) is 8.39. The van der Waals surface area contributed by atoms with E-state index in [4.69, 9.17) is 9.15 Å². The maximum absolute atomic E-state index is 13.2. The Kier molecular flexibility index (Phi) is 6.55. The average molecular weight is 447 g/mol. The third-order valence-electron chi connectivity index (χ3n) is 6.13. The second kappa shape index (κ2) is 9.34. The number of carbonyl (C=O) groups excluding carboxylic acids is 1. The van der Waals surface area contributed by atoms with Gasteiger partial charge in [-0.05, 0) is 49.4 Å². The second-order valence-corrected chi connectivity index (χ2v) is 10.6. The zero-order valence-corrected chi connectivity index (χ0v) is 18.8. The Morgan fingerprint density at radius 3 is 2.52 bits per heavy atom. The SMILES string of the molecule is COc1ccc(CC(=O)N(Cc2ccc(N3CCCCC3)o2)C2CCS(=O)(=O)C2)cc1. The Hall–Kier alpha value is -2.48. The molecule has 168 valence electrons. The van der Waals surface area contributed by atoms with Crippen LogP contribution in [0.25, 0.3) is 0 Å². The summed E-state index contributed by atoms with van der Waals surface area (Å²) in [6.07, 6.45) is 4.23. The zero-order valence-electron chi connectivity index (χ0n) is 18.0. The van der Waals surface area contributed by atoms with E-state index in [1.54, 1.807) is 12.0 Å². The molecule has 2 aliphatic heterocycles. The van der Waals surface area contributed by atoms with Crippen LogP contribution in [0.3, 0.4) is 0 Å². The number of piperidine rings is 1. The summed E-state index contributed by atoms with van der Waals surface area (Å²) in [5, 5.41) is 0. The number of hydrogen-bond acceptors (Lipinski definition) is 6. The molecule has 1 unspecified atom stereocenters. The monoisotopic (exact) mass is 446 g/mol. The lowest BCUT2D eigenvalue weighted by Crippen LogP contribution is -2.41. The molecule has 4 rings (SSSR count). The molecule has 0 saturated carbocycles. The van der Waals surface area contributed by atoms with Gasteiger partial charge < -0.3 is 19.0 Å². The third kappa shape index (κ3) is 5.42. The molecule has 1 amide bonds. The summed E-state index contributed by atoms with van der Waals surface area (Å²) in [6.45, 7) is 2.24. The molecule has 1 aromatic heterocycles. The van der Waals surface area contributed by atoms with Crippen LogP contribution in [0.4, 0.5) is 5.88 Å².